The summed E-state index contributed by atoms with van der Waals surface area (Å²) in [6.07, 6.45) is 82.6. The second kappa shape index (κ2) is 64.6. The van der Waals surface area contributed by atoms with Gasteiger partial charge in [-0.1, -0.05) is 306 Å². The highest BCUT2D eigenvalue weighted by Crippen LogP contribution is 2.18. The molecule has 0 N–H and O–H groups in total. The fraction of sp³-hybridized carbons (Fsp3) is 0.814. The molecule has 0 rings (SSSR count). The smallest absolute Gasteiger partial charge is 0.306 e. The average molecular weight is 1060 g/mol. The first-order chi connectivity index (χ1) is 37.5. The summed E-state index contributed by atoms with van der Waals surface area (Å²) in [5, 5.41) is 0. The van der Waals surface area contributed by atoms with Gasteiger partial charge >= 0.3 is 17.9 Å². The standard InChI is InChI=1S/C70H126O6/c1-4-7-10-13-16-19-22-25-27-28-29-30-31-32-33-34-35-36-37-38-39-40-41-43-45-48-51-54-57-60-63-69(72)75-66-67(65-74-68(71)62-59-56-53-50-47-44-24-21-18-15-12-9-6-3)76-70(73)64-61-58-55-52-49-46-42-26-23-20-17-14-11-8-5-2/h9,12,17-18,20-21,26,42,44,47,67H,4-8,10-11,13-16,19,22-25,27-41,43,45-46,48-66H2,1-3H3/b12-9-,20-17-,21-18-,42-26-,47-44-. The van der Waals surface area contributed by atoms with Crippen LogP contribution in [0.4, 0.5) is 0 Å². The van der Waals surface area contributed by atoms with Crippen LogP contribution in [-0.4, -0.2) is 37.2 Å². The third-order valence-corrected chi connectivity index (χ3v) is 14.8. The number of ether oxygens (including phenoxy) is 3. The second-order valence-electron chi connectivity index (χ2n) is 22.4. The Morgan fingerprint density at radius 1 is 0.276 bits per heavy atom. The molecule has 0 radical (unpaired) electrons. The normalized spacial score (nSPS) is 12.4. The molecule has 0 aliphatic rings. The van der Waals surface area contributed by atoms with Crippen molar-refractivity contribution in [3.8, 4) is 0 Å². The van der Waals surface area contributed by atoms with Gasteiger partial charge in [-0.25, -0.2) is 0 Å². The van der Waals surface area contributed by atoms with E-state index in [4.69, 9.17) is 14.2 Å². The lowest BCUT2D eigenvalue weighted by molar-refractivity contribution is -0.167. The Hall–Kier alpha value is -2.89. The van der Waals surface area contributed by atoms with Gasteiger partial charge in [0.25, 0.3) is 0 Å². The molecule has 0 heterocycles. The summed E-state index contributed by atoms with van der Waals surface area (Å²) in [7, 11) is 0. The number of unbranched alkanes of at least 4 members (excludes halogenated alkanes) is 40. The molecule has 0 amide bonds. The van der Waals surface area contributed by atoms with Crippen LogP contribution in [0.3, 0.4) is 0 Å². The lowest BCUT2D eigenvalue weighted by atomic mass is 10.0. The van der Waals surface area contributed by atoms with Crippen molar-refractivity contribution >= 4 is 17.9 Å². The minimum atomic E-state index is -0.793. The summed E-state index contributed by atoms with van der Waals surface area (Å²) in [5.74, 6) is -0.915. The van der Waals surface area contributed by atoms with Crippen LogP contribution in [0.5, 0.6) is 0 Å². The zero-order valence-corrected chi connectivity index (χ0v) is 50.8. The maximum absolute atomic E-state index is 12.9. The van der Waals surface area contributed by atoms with Crippen LogP contribution in [-0.2, 0) is 28.6 Å². The van der Waals surface area contributed by atoms with E-state index < -0.39 is 6.10 Å². The number of esters is 3. The first kappa shape index (κ1) is 73.1. The summed E-state index contributed by atoms with van der Waals surface area (Å²) in [5.41, 5.74) is 0. The quantitative estimate of drug-likeness (QED) is 0.0261. The zero-order valence-electron chi connectivity index (χ0n) is 50.8. The molecule has 0 aromatic carbocycles. The molecule has 0 saturated carbocycles. The van der Waals surface area contributed by atoms with Crippen molar-refractivity contribution in [2.75, 3.05) is 13.2 Å². The average Bonchev–Trinajstić information content (AvgIpc) is 3.42. The van der Waals surface area contributed by atoms with E-state index in [1.54, 1.807) is 0 Å². The van der Waals surface area contributed by atoms with Gasteiger partial charge < -0.3 is 14.2 Å². The Morgan fingerprint density at radius 2 is 0.513 bits per heavy atom. The number of hydrogen-bond acceptors (Lipinski definition) is 6. The number of carbonyl (C=O) groups is 3. The monoisotopic (exact) mass is 1060 g/mol. The number of carbonyl (C=O) groups excluding carboxylic acids is 3. The first-order valence-electron chi connectivity index (χ1n) is 33.3. The molecular formula is C70H126O6. The molecule has 6 heteroatoms. The van der Waals surface area contributed by atoms with Gasteiger partial charge in [0.15, 0.2) is 6.10 Å². The van der Waals surface area contributed by atoms with E-state index in [9.17, 15) is 14.4 Å². The predicted molar refractivity (Wildman–Crippen MR) is 330 cm³/mol. The number of hydrogen-bond donors (Lipinski definition) is 0. The summed E-state index contributed by atoms with van der Waals surface area (Å²) in [4.78, 5) is 38.2. The molecular weight excluding hydrogens is 937 g/mol. The molecule has 0 spiro atoms. The first-order valence-corrected chi connectivity index (χ1v) is 33.3. The van der Waals surface area contributed by atoms with E-state index in [1.165, 1.54) is 199 Å². The third kappa shape index (κ3) is 62.0. The lowest BCUT2D eigenvalue weighted by Gasteiger charge is -2.18. The molecule has 0 saturated heterocycles. The molecule has 1 unspecified atom stereocenters. The second-order valence-corrected chi connectivity index (χ2v) is 22.4. The molecule has 0 bridgehead atoms. The Bertz CT molecular complexity index is 1360. The Balaban J connectivity index is 4.16. The maximum Gasteiger partial charge on any atom is 0.306 e. The molecule has 0 fully saturated rings. The van der Waals surface area contributed by atoms with Crippen molar-refractivity contribution in [2.24, 2.45) is 0 Å². The highest BCUT2D eigenvalue weighted by Gasteiger charge is 2.19. The van der Waals surface area contributed by atoms with Crippen LogP contribution in [0.25, 0.3) is 0 Å². The highest BCUT2D eigenvalue weighted by atomic mass is 16.6. The van der Waals surface area contributed by atoms with Crippen LogP contribution in [0.1, 0.15) is 348 Å². The van der Waals surface area contributed by atoms with Crippen LogP contribution in [0.15, 0.2) is 60.8 Å². The van der Waals surface area contributed by atoms with Gasteiger partial charge in [-0.05, 0) is 83.5 Å². The number of allylic oxidation sites excluding steroid dienone is 10. The molecule has 0 aliphatic heterocycles. The fourth-order valence-electron chi connectivity index (χ4n) is 9.79. The maximum atomic E-state index is 12.9. The van der Waals surface area contributed by atoms with Gasteiger partial charge in [0.1, 0.15) is 13.2 Å². The van der Waals surface area contributed by atoms with Gasteiger partial charge in [0.05, 0.1) is 0 Å². The molecule has 6 nitrogen and oxygen atoms in total. The van der Waals surface area contributed by atoms with Crippen molar-refractivity contribution in [3.05, 3.63) is 60.8 Å². The van der Waals surface area contributed by atoms with Crippen LogP contribution in [0.2, 0.25) is 0 Å². The van der Waals surface area contributed by atoms with E-state index in [2.05, 4.69) is 81.5 Å². The highest BCUT2D eigenvalue weighted by molar-refractivity contribution is 5.71. The van der Waals surface area contributed by atoms with Crippen LogP contribution in [0, 0.1) is 0 Å². The van der Waals surface area contributed by atoms with E-state index >= 15 is 0 Å². The lowest BCUT2D eigenvalue weighted by Crippen LogP contribution is -2.30. The van der Waals surface area contributed by atoms with Crippen molar-refractivity contribution in [1.82, 2.24) is 0 Å². The van der Waals surface area contributed by atoms with Crippen molar-refractivity contribution < 1.29 is 28.6 Å². The molecule has 76 heavy (non-hydrogen) atoms. The van der Waals surface area contributed by atoms with Gasteiger partial charge in [-0.3, -0.25) is 14.4 Å². The zero-order chi connectivity index (χ0) is 55.0. The van der Waals surface area contributed by atoms with E-state index in [1.807, 2.05) is 0 Å². The van der Waals surface area contributed by atoms with Crippen molar-refractivity contribution in [2.45, 2.75) is 354 Å². The van der Waals surface area contributed by atoms with Crippen LogP contribution >= 0.6 is 0 Å². The van der Waals surface area contributed by atoms with Gasteiger partial charge in [-0.2, -0.15) is 0 Å². The number of rotatable bonds is 61. The minimum absolute atomic E-state index is 0.0867. The van der Waals surface area contributed by atoms with Gasteiger partial charge in [0.2, 0.25) is 0 Å². The van der Waals surface area contributed by atoms with Crippen LogP contribution < -0.4 is 0 Å². The molecule has 0 aromatic heterocycles. The molecule has 1 atom stereocenters. The SMILES string of the molecule is CC/C=C\C/C=C\C/C=C\CCCCCC(=O)OCC(COC(=O)CCCCCCCCCCCCCCCCCCCCCCCCCCCCCCCC)OC(=O)CCCCCCC/C=C\C/C=C\CCCCC. The minimum Gasteiger partial charge on any atom is -0.462 e. The Labute approximate surface area is 472 Å². The molecule has 0 aromatic rings. The van der Waals surface area contributed by atoms with Gasteiger partial charge in [-0.15, -0.1) is 0 Å². The summed E-state index contributed by atoms with van der Waals surface area (Å²) in [6.45, 7) is 6.51. The van der Waals surface area contributed by atoms with E-state index in [-0.39, 0.29) is 31.1 Å². The van der Waals surface area contributed by atoms with E-state index in [0.717, 1.165) is 109 Å². The Kier molecular flexibility index (Phi) is 62.2. The third-order valence-electron chi connectivity index (χ3n) is 14.8. The van der Waals surface area contributed by atoms with Gasteiger partial charge in [0, 0.05) is 19.3 Å². The molecule has 0 aliphatic carbocycles. The van der Waals surface area contributed by atoms with Crippen molar-refractivity contribution in [3.63, 3.8) is 0 Å². The van der Waals surface area contributed by atoms with E-state index in [0.29, 0.717) is 19.3 Å². The fourth-order valence-corrected chi connectivity index (χ4v) is 9.79. The summed E-state index contributed by atoms with van der Waals surface area (Å²) in [6, 6.07) is 0. The predicted octanol–water partition coefficient (Wildman–Crippen LogP) is 22.7. The summed E-state index contributed by atoms with van der Waals surface area (Å²) < 4.78 is 16.9. The largest absolute Gasteiger partial charge is 0.462 e. The van der Waals surface area contributed by atoms with Crippen molar-refractivity contribution in [1.29, 1.82) is 0 Å². The summed E-state index contributed by atoms with van der Waals surface area (Å²) >= 11 is 0. The topological polar surface area (TPSA) is 78.9 Å². The Morgan fingerprint density at radius 3 is 0.842 bits per heavy atom. The molecule has 442 valence electrons.